The first-order chi connectivity index (χ1) is 16.1. The third-order valence-electron chi connectivity index (χ3n) is 6.53. The molecule has 3 aromatic rings. The van der Waals surface area contributed by atoms with Gasteiger partial charge in [0.15, 0.2) is 0 Å². The molecular weight excluding hydrogens is 471 g/mol. The maximum atomic E-state index is 12.8. The van der Waals surface area contributed by atoms with Crippen molar-refractivity contribution in [3.05, 3.63) is 57.5 Å². The fraction of sp³-hybridized carbons (Fsp3) is 0.348. The Balaban J connectivity index is 1.39. The molecule has 2 fully saturated rings. The van der Waals surface area contributed by atoms with E-state index in [1.54, 1.807) is 31.3 Å². The fourth-order valence-corrected chi connectivity index (χ4v) is 5.17. The zero-order chi connectivity index (χ0) is 24.2. The van der Waals surface area contributed by atoms with E-state index in [2.05, 4.69) is 20.7 Å². The molecule has 0 unspecified atom stereocenters. The van der Waals surface area contributed by atoms with Gasteiger partial charge in [-0.1, -0.05) is 11.6 Å². The Labute approximate surface area is 197 Å². The summed E-state index contributed by atoms with van der Waals surface area (Å²) >= 11 is 6.14. The van der Waals surface area contributed by atoms with E-state index in [-0.39, 0.29) is 33.9 Å². The number of rotatable bonds is 3. The largest absolute Gasteiger partial charge is 0.573 e. The lowest BCUT2D eigenvalue weighted by atomic mass is 10.0. The summed E-state index contributed by atoms with van der Waals surface area (Å²) in [5, 5.41) is 10.0. The maximum Gasteiger partial charge on any atom is 0.573 e. The molecule has 0 saturated carbocycles. The van der Waals surface area contributed by atoms with Gasteiger partial charge in [0, 0.05) is 50.7 Å². The lowest BCUT2D eigenvalue weighted by Gasteiger charge is -2.26. The molecule has 1 aromatic carbocycles. The van der Waals surface area contributed by atoms with Gasteiger partial charge in [-0.3, -0.25) is 4.79 Å². The molecule has 0 N–H and O–H groups in total. The smallest absolute Gasteiger partial charge is 0.406 e. The third kappa shape index (κ3) is 3.90. The number of benzene rings is 1. The van der Waals surface area contributed by atoms with Gasteiger partial charge in [-0.2, -0.15) is 5.26 Å². The molecule has 2 aliphatic rings. The predicted octanol–water partition coefficient (Wildman–Crippen LogP) is 3.93. The van der Waals surface area contributed by atoms with E-state index in [1.807, 2.05) is 4.90 Å². The molecule has 5 rings (SSSR count). The molecule has 0 bridgehead atoms. The van der Waals surface area contributed by atoms with Crippen LogP contribution >= 0.6 is 11.6 Å². The molecule has 0 radical (unpaired) electrons. The molecular formula is C23H19ClF3N5O2. The first kappa shape index (κ1) is 22.3. The van der Waals surface area contributed by atoms with Gasteiger partial charge in [0.2, 0.25) is 0 Å². The Morgan fingerprint density at radius 3 is 2.26 bits per heavy atom. The summed E-state index contributed by atoms with van der Waals surface area (Å²) in [6, 6.07) is 11.2. The maximum absolute atomic E-state index is 12.8. The van der Waals surface area contributed by atoms with E-state index in [1.165, 1.54) is 16.7 Å². The van der Waals surface area contributed by atoms with Crippen molar-refractivity contribution >= 4 is 34.0 Å². The van der Waals surface area contributed by atoms with Crippen molar-refractivity contribution in [3.8, 4) is 11.8 Å². The predicted molar refractivity (Wildman–Crippen MR) is 121 cm³/mol. The number of pyridine rings is 2. The standard InChI is InChI=1S/C23H19ClF3N5O2/c1-30-18-6-7-19(24)29-20(18)21(17(8-28)22(30)33)32-11-13-9-31(10-14(13)12-32)15-2-4-16(5-3-15)34-23(25,26)27/h2-7,13-14H,9-12H2,1H3/t13-,14+. The minimum Gasteiger partial charge on any atom is -0.406 e. The van der Waals surface area contributed by atoms with Crippen molar-refractivity contribution in [1.82, 2.24) is 9.55 Å². The Hall–Kier alpha value is -3.45. The number of hydrogen-bond donors (Lipinski definition) is 0. The van der Waals surface area contributed by atoms with Crippen LogP contribution in [0, 0.1) is 23.2 Å². The van der Waals surface area contributed by atoms with Gasteiger partial charge >= 0.3 is 6.36 Å². The van der Waals surface area contributed by atoms with Gasteiger partial charge in [-0.05, 0) is 36.4 Å². The summed E-state index contributed by atoms with van der Waals surface area (Å²) in [5.41, 5.74) is 2.11. The van der Waals surface area contributed by atoms with E-state index in [4.69, 9.17) is 11.6 Å². The molecule has 2 aliphatic heterocycles. The second-order valence-corrected chi connectivity index (χ2v) is 8.96. The van der Waals surface area contributed by atoms with Gasteiger partial charge in [-0.25, -0.2) is 4.98 Å². The summed E-state index contributed by atoms with van der Waals surface area (Å²) in [4.78, 5) is 21.4. The zero-order valence-corrected chi connectivity index (χ0v) is 18.8. The van der Waals surface area contributed by atoms with Crippen molar-refractivity contribution in [2.24, 2.45) is 18.9 Å². The number of anilines is 2. The average Bonchev–Trinajstić information content (AvgIpc) is 3.34. The highest BCUT2D eigenvalue weighted by molar-refractivity contribution is 6.29. The number of hydrogen-bond acceptors (Lipinski definition) is 6. The number of aryl methyl sites for hydroxylation is 1. The average molecular weight is 490 g/mol. The van der Waals surface area contributed by atoms with Crippen molar-refractivity contribution in [1.29, 1.82) is 5.26 Å². The van der Waals surface area contributed by atoms with E-state index >= 15 is 0 Å². The van der Waals surface area contributed by atoms with Gasteiger partial charge in [0.05, 0.1) is 11.2 Å². The second-order valence-electron chi connectivity index (χ2n) is 8.57. The number of nitrogens with zero attached hydrogens (tertiary/aromatic N) is 5. The van der Waals surface area contributed by atoms with Crippen LogP contribution < -0.4 is 20.1 Å². The fourth-order valence-electron chi connectivity index (χ4n) is 5.02. The molecule has 0 aliphatic carbocycles. The number of alkyl halides is 3. The number of ether oxygens (including phenoxy) is 1. The van der Waals surface area contributed by atoms with Gasteiger partial charge in [0.1, 0.15) is 28.1 Å². The Morgan fingerprint density at radius 1 is 1.06 bits per heavy atom. The van der Waals surface area contributed by atoms with Gasteiger partial charge < -0.3 is 19.1 Å². The molecule has 11 heteroatoms. The molecule has 2 saturated heterocycles. The second kappa shape index (κ2) is 8.09. The SMILES string of the molecule is Cn1c(=O)c(C#N)c(N2C[C@H]3CN(c4ccc(OC(F)(F)F)cc4)C[C@H]3C2)c2nc(Cl)ccc21. The van der Waals surface area contributed by atoms with Gasteiger partial charge in [-0.15, -0.1) is 13.2 Å². The van der Waals surface area contributed by atoms with Crippen molar-refractivity contribution in [3.63, 3.8) is 0 Å². The van der Waals surface area contributed by atoms with E-state index in [9.17, 15) is 23.2 Å². The minimum absolute atomic E-state index is 0.0434. The Morgan fingerprint density at radius 2 is 1.68 bits per heavy atom. The summed E-state index contributed by atoms with van der Waals surface area (Å²) in [5.74, 6) is 0.265. The third-order valence-corrected chi connectivity index (χ3v) is 6.74. The molecule has 0 amide bonds. The van der Waals surface area contributed by atoms with Gasteiger partial charge in [0.25, 0.3) is 5.56 Å². The van der Waals surface area contributed by atoms with Crippen LogP contribution in [0.5, 0.6) is 5.75 Å². The van der Waals surface area contributed by atoms with E-state index in [0.717, 1.165) is 5.69 Å². The quantitative estimate of drug-likeness (QED) is 0.519. The number of nitriles is 1. The zero-order valence-electron chi connectivity index (χ0n) is 18.0. The summed E-state index contributed by atoms with van der Waals surface area (Å²) in [6.07, 6.45) is -4.72. The molecule has 2 aromatic heterocycles. The topological polar surface area (TPSA) is 74.4 Å². The highest BCUT2D eigenvalue weighted by atomic mass is 35.5. The van der Waals surface area contributed by atoms with E-state index < -0.39 is 6.36 Å². The number of halogens is 4. The van der Waals surface area contributed by atoms with Crippen LogP contribution in [0.4, 0.5) is 24.5 Å². The highest BCUT2D eigenvalue weighted by Gasteiger charge is 2.42. The van der Waals surface area contributed by atoms with Crippen LogP contribution in [0.15, 0.2) is 41.2 Å². The molecule has 0 spiro atoms. The molecule has 7 nitrogen and oxygen atoms in total. The number of aromatic nitrogens is 2. The van der Waals surface area contributed by atoms with Crippen LogP contribution in [0.3, 0.4) is 0 Å². The first-order valence-electron chi connectivity index (χ1n) is 10.6. The van der Waals surface area contributed by atoms with Crippen molar-refractivity contribution < 1.29 is 17.9 Å². The number of fused-ring (bicyclic) bond motifs is 2. The summed E-state index contributed by atoms with van der Waals surface area (Å²) < 4.78 is 42.6. The van der Waals surface area contributed by atoms with Crippen LogP contribution in [-0.2, 0) is 7.05 Å². The lowest BCUT2D eigenvalue weighted by Crippen LogP contribution is -2.32. The Kier molecular flexibility index (Phi) is 5.32. The van der Waals surface area contributed by atoms with Crippen molar-refractivity contribution in [2.75, 3.05) is 36.0 Å². The Bertz CT molecular complexity index is 1350. The van der Waals surface area contributed by atoms with Crippen LogP contribution in [0.25, 0.3) is 11.0 Å². The molecule has 4 heterocycles. The first-order valence-corrected chi connectivity index (χ1v) is 11.0. The van der Waals surface area contributed by atoms with Crippen LogP contribution in [0.1, 0.15) is 5.56 Å². The molecule has 34 heavy (non-hydrogen) atoms. The lowest BCUT2D eigenvalue weighted by molar-refractivity contribution is -0.274. The highest BCUT2D eigenvalue weighted by Crippen LogP contribution is 2.39. The van der Waals surface area contributed by atoms with Crippen LogP contribution in [-0.4, -0.2) is 42.1 Å². The minimum atomic E-state index is -4.72. The molecule has 2 atom stereocenters. The normalized spacial score (nSPS) is 20.0. The van der Waals surface area contributed by atoms with E-state index in [0.29, 0.717) is 42.9 Å². The molecule has 176 valence electrons. The monoisotopic (exact) mass is 489 g/mol. The van der Waals surface area contributed by atoms with Crippen LogP contribution in [0.2, 0.25) is 5.15 Å². The summed E-state index contributed by atoms with van der Waals surface area (Å²) in [7, 11) is 1.60. The summed E-state index contributed by atoms with van der Waals surface area (Å²) in [6.45, 7) is 2.67. The van der Waals surface area contributed by atoms with Crippen molar-refractivity contribution in [2.45, 2.75) is 6.36 Å².